The summed E-state index contributed by atoms with van der Waals surface area (Å²) in [6.07, 6.45) is -0.279. The number of rotatable bonds is 1. The van der Waals surface area contributed by atoms with Crippen LogP contribution in [-0.4, -0.2) is 50.7 Å². The van der Waals surface area contributed by atoms with E-state index in [4.69, 9.17) is 4.74 Å². The van der Waals surface area contributed by atoms with Gasteiger partial charge in [0.2, 0.25) is 0 Å². The Hall–Kier alpha value is -0.610. The molecule has 0 aliphatic carbocycles. The first kappa shape index (κ1) is 12.4. The van der Waals surface area contributed by atoms with Gasteiger partial charge in [0.25, 0.3) is 5.91 Å². The van der Waals surface area contributed by atoms with Crippen molar-refractivity contribution < 1.29 is 9.53 Å². The first-order valence-electron chi connectivity index (χ1n) is 4.75. The zero-order chi connectivity index (χ0) is 10.3. The van der Waals surface area contributed by atoms with Crippen molar-refractivity contribution in [2.24, 2.45) is 0 Å². The van der Waals surface area contributed by atoms with Crippen LogP contribution in [0.5, 0.6) is 0 Å². The SMILES string of the molecule is CC.CN(C)C(=O)C1CNCCO1. The van der Waals surface area contributed by atoms with Gasteiger partial charge in [-0.1, -0.05) is 13.8 Å². The molecule has 1 amide bonds. The normalized spacial score (nSPS) is 21.4. The molecular weight excluding hydrogens is 168 g/mol. The first-order valence-corrected chi connectivity index (χ1v) is 4.75. The zero-order valence-corrected chi connectivity index (χ0v) is 8.96. The van der Waals surface area contributed by atoms with Crippen LogP contribution < -0.4 is 5.32 Å². The van der Waals surface area contributed by atoms with Gasteiger partial charge in [-0.15, -0.1) is 0 Å². The molecule has 1 aliphatic rings. The second kappa shape index (κ2) is 6.86. The molecule has 1 saturated heterocycles. The van der Waals surface area contributed by atoms with Gasteiger partial charge in [-0.05, 0) is 0 Å². The number of likely N-dealkylation sites (N-methyl/N-ethyl adjacent to an activating group) is 1. The van der Waals surface area contributed by atoms with Gasteiger partial charge in [-0.2, -0.15) is 0 Å². The Balaban J connectivity index is 0.000000671. The maximum absolute atomic E-state index is 11.3. The van der Waals surface area contributed by atoms with E-state index < -0.39 is 0 Å². The molecule has 1 unspecified atom stereocenters. The van der Waals surface area contributed by atoms with Crippen molar-refractivity contribution in [2.75, 3.05) is 33.8 Å². The molecule has 0 aromatic rings. The lowest BCUT2D eigenvalue weighted by atomic mass is 10.3. The molecule has 1 N–H and O–H groups in total. The van der Waals surface area contributed by atoms with Crippen LogP contribution in [-0.2, 0) is 9.53 Å². The molecule has 1 fully saturated rings. The van der Waals surface area contributed by atoms with Crippen molar-refractivity contribution in [3.05, 3.63) is 0 Å². The lowest BCUT2D eigenvalue weighted by Crippen LogP contribution is -2.47. The van der Waals surface area contributed by atoms with Crippen molar-refractivity contribution in [2.45, 2.75) is 20.0 Å². The Morgan fingerprint density at radius 2 is 2.08 bits per heavy atom. The summed E-state index contributed by atoms with van der Waals surface area (Å²) in [5, 5.41) is 3.10. The van der Waals surface area contributed by atoms with Gasteiger partial charge >= 0.3 is 0 Å². The predicted molar refractivity (Wildman–Crippen MR) is 52.7 cm³/mol. The smallest absolute Gasteiger partial charge is 0.252 e. The predicted octanol–water partition coefficient (Wildman–Crippen LogP) is 0.0892. The standard InChI is InChI=1S/C7H14N2O2.C2H6/c1-9(2)7(10)6-5-8-3-4-11-6;1-2/h6,8H,3-5H2,1-2H3;1-2H3. The van der Waals surface area contributed by atoms with Crippen LogP contribution in [0, 0.1) is 0 Å². The third kappa shape index (κ3) is 4.24. The molecule has 1 rings (SSSR count). The number of morpholine rings is 1. The van der Waals surface area contributed by atoms with E-state index in [-0.39, 0.29) is 12.0 Å². The Kier molecular flexibility index (Phi) is 6.54. The van der Waals surface area contributed by atoms with Crippen LogP contribution >= 0.6 is 0 Å². The molecule has 78 valence electrons. The highest BCUT2D eigenvalue weighted by Gasteiger charge is 2.22. The van der Waals surface area contributed by atoms with Crippen molar-refractivity contribution in [3.63, 3.8) is 0 Å². The Morgan fingerprint density at radius 1 is 1.46 bits per heavy atom. The lowest BCUT2D eigenvalue weighted by molar-refractivity contribution is -0.142. The van der Waals surface area contributed by atoms with E-state index in [0.29, 0.717) is 13.2 Å². The highest BCUT2D eigenvalue weighted by Crippen LogP contribution is 1.98. The van der Waals surface area contributed by atoms with Crippen LogP contribution in [0.15, 0.2) is 0 Å². The summed E-state index contributed by atoms with van der Waals surface area (Å²) in [4.78, 5) is 12.8. The molecule has 1 heterocycles. The van der Waals surface area contributed by atoms with Gasteiger partial charge in [-0.25, -0.2) is 0 Å². The molecule has 4 nitrogen and oxygen atoms in total. The maximum Gasteiger partial charge on any atom is 0.252 e. The number of ether oxygens (including phenoxy) is 1. The summed E-state index contributed by atoms with van der Waals surface area (Å²) in [5.74, 6) is 0.0391. The van der Waals surface area contributed by atoms with Crippen molar-refractivity contribution in [3.8, 4) is 0 Å². The Labute approximate surface area is 80.2 Å². The molecule has 1 atom stereocenters. The molecule has 13 heavy (non-hydrogen) atoms. The summed E-state index contributed by atoms with van der Waals surface area (Å²) in [6, 6.07) is 0. The lowest BCUT2D eigenvalue weighted by Gasteiger charge is -2.25. The van der Waals surface area contributed by atoms with Crippen LogP contribution in [0.1, 0.15) is 13.8 Å². The number of hydrogen-bond donors (Lipinski definition) is 1. The van der Waals surface area contributed by atoms with Gasteiger partial charge in [0.05, 0.1) is 6.61 Å². The van der Waals surface area contributed by atoms with E-state index >= 15 is 0 Å². The number of carbonyl (C=O) groups is 1. The number of amides is 1. The van der Waals surface area contributed by atoms with Gasteiger partial charge in [0, 0.05) is 27.2 Å². The van der Waals surface area contributed by atoms with Crippen LogP contribution in [0.2, 0.25) is 0 Å². The molecule has 0 aromatic carbocycles. The third-order valence-electron chi connectivity index (χ3n) is 1.64. The Morgan fingerprint density at radius 3 is 2.46 bits per heavy atom. The summed E-state index contributed by atoms with van der Waals surface area (Å²) < 4.78 is 5.25. The van der Waals surface area contributed by atoms with Crippen molar-refractivity contribution in [1.82, 2.24) is 10.2 Å². The Bertz CT molecular complexity index is 143. The van der Waals surface area contributed by atoms with Crippen LogP contribution in [0.25, 0.3) is 0 Å². The van der Waals surface area contributed by atoms with E-state index in [1.54, 1.807) is 19.0 Å². The molecule has 0 bridgehead atoms. The molecule has 0 radical (unpaired) electrons. The summed E-state index contributed by atoms with van der Waals surface area (Å²) in [5.41, 5.74) is 0. The number of nitrogens with one attached hydrogen (secondary N) is 1. The molecule has 4 heteroatoms. The fourth-order valence-electron chi connectivity index (χ4n) is 1.01. The molecular formula is C9H20N2O2. The van der Waals surface area contributed by atoms with Crippen molar-refractivity contribution in [1.29, 1.82) is 0 Å². The van der Waals surface area contributed by atoms with E-state index in [1.165, 1.54) is 0 Å². The van der Waals surface area contributed by atoms with Gasteiger partial charge in [0.15, 0.2) is 0 Å². The van der Waals surface area contributed by atoms with Gasteiger partial charge in [-0.3, -0.25) is 4.79 Å². The molecule has 0 spiro atoms. The third-order valence-corrected chi connectivity index (χ3v) is 1.64. The highest BCUT2D eigenvalue weighted by atomic mass is 16.5. The fourth-order valence-corrected chi connectivity index (χ4v) is 1.01. The van der Waals surface area contributed by atoms with E-state index in [9.17, 15) is 4.79 Å². The molecule has 0 saturated carbocycles. The molecule has 1 aliphatic heterocycles. The first-order chi connectivity index (χ1) is 6.22. The maximum atomic E-state index is 11.3. The van der Waals surface area contributed by atoms with E-state index in [2.05, 4.69) is 5.32 Å². The monoisotopic (exact) mass is 188 g/mol. The number of nitrogens with zero attached hydrogens (tertiary/aromatic N) is 1. The average molecular weight is 188 g/mol. The minimum Gasteiger partial charge on any atom is -0.366 e. The zero-order valence-electron chi connectivity index (χ0n) is 8.96. The largest absolute Gasteiger partial charge is 0.366 e. The fraction of sp³-hybridized carbons (Fsp3) is 0.889. The van der Waals surface area contributed by atoms with Crippen LogP contribution in [0.4, 0.5) is 0 Å². The van der Waals surface area contributed by atoms with Crippen molar-refractivity contribution >= 4 is 5.91 Å². The minimum absolute atomic E-state index is 0.0391. The quantitative estimate of drug-likeness (QED) is 0.634. The van der Waals surface area contributed by atoms with E-state index in [0.717, 1.165) is 6.54 Å². The van der Waals surface area contributed by atoms with Gasteiger partial charge < -0.3 is 15.0 Å². The second-order valence-electron chi connectivity index (χ2n) is 2.80. The summed E-state index contributed by atoms with van der Waals surface area (Å²) >= 11 is 0. The van der Waals surface area contributed by atoms with E-state index in [1.807, 2.05) is 13.8 Å². The number of carbonyl (C=O) groups excluding carboxylic acids is 1. The minimum atomic E-state index is -0.279. The topological polar surface area (TPSA) is 41.6 Å². The average Bonchev–Trinajstić information content (AvgIpc) is 2.21. The highest BCUT2D eigenvalue weighted by molar-refractivity contribution is 5.80. The number of hydrogen-bond acceptors (Lipinski definition) is 3. The second-order valence-corrected chi connectivity index (χ2v) is 2.80. The molecule has 0 aromatic heterocycles. The van der Waals surface area contributed by atoms with Crippen LogP contribution in [0.3, 0.4) is 0 Å². The summed E-state index contributed by atoms with van der Waals surface area (Å²) in [6.45, 7) is 6.11. The summed E-state index contributed by atoms with van der Waals surface area (Å²) in [7, 11) is 3.47. The van der Waals surface area contributed by atoms with Gasteiger partial charge in [0.1, 0.15) is 6.10 Å².